The third-order valence-corrected chi connectivity index (χ3v) is 7.42. The van der Waals surface area contributed by atoms with Gasteiger partial charge in [0.05, 0.1) is 5.41 Å². The van der Waals surface area contributed by atoms with E-state index in [2.05, 4.69) is 17.2 Å². The molecule has 5 rings (SSSR count). The average Bonchev–Trinajstić information content (AvgIpc) is 3.27. The molecule has 1 aromatic heterocycles. The molecule has 2 aliphatic carbocycles. The second-order valence-corrected chi connectivity index (χ2v) is 11.0. The highest BCUT2D eigenvalue weighted by Gasteiger charge is 2.61. The van der Waals surface area contributed by atoms with E-state index in [9.17, 15) is 9.59 Å². The summed E-state index contributed by atoms with van der Waals surface area (Å²) in [6.07, 6.45) is 9.55. The fourth-order valence-corrected chi connectivity index (χ4v) is 5.59. The first-order valence-corrected chi connectivity index (χ1v) is 12.2. The highest BCUT2D eigenvalue weighted by Crippen LogP contribution is 2.57. The second kappa shape index (κ2) is 7.59. The number of hydrogen-bond donors (Lipinski definition) is 1. The standard InChI is InChI=1S/C24H35N5O3/c1-15-13-16(9-12-28(15)22(31)32-23(2,3)4)26-21-25-14-18-19(27-21)29(17-7-5-6-8-17)20(30)24(18)10-11-24/h14-17H,5-13H2,1-4H3,(H,25,26,27). The Balaban J connectivity index is 1.29. The van der Waals surface area contributed by atoms with Gasteiger partial charge in [-0.15, -0.1) is 0 Å². The number of rotatable bonds is 3. The van der Waals surface area contributed by atoms with Crippen molar-refractivity contribution < 1.29 is 14.3 Å². The Hall–Kier alpha value is -2.38. The lowest BCUT2D eigenvalue weighted by Crippen LogP contribution is -2.49. The van der Waals surface area contributed by atoms with Crippen LogP contribution in [0.3, 0.4) is 0 Å². The fourth-order valence-electron chi connectivity index (χ4n) is 5.59. The molecule has 2 amide bonds. The van der Waals surface area contributed by atoms with E-state index in [1.807, 2.05) is 36.8 Å². The monoisotopic (exact) mass is 441 g/mol. The summed E-state index contributed by atoms with van der Waals surface area (Å²) in [7, 11) is 0. The minimum absolute atomic E-state index is 0.0665. The number of anilines is 2. The number of carbonyl (C=O) groups excluding carboxylic acids is 2. The van der Waals surface area contributed by atoms with E-state index >= 15 is 0 Å². The van der Waals surface area contributed by atoms with Crippen LogP contribution in [-0.4, -0.2) is 57.1 Å². The van der Waals surface area contributed by atoms with Gasteiger partial charge in [-0.25, -0.2) is 9.78 Å². The number of carbonyl (C=O) groups is 2. The number of nitrogens with one attached hydrogen (secondary N) is 1. The Morgan fingerprint density at radius 3 is 2.56 bits per heavy atom. The minimum Gasteiger partial charge on any atom is -0.444 e. The molecule has 4 aliphatic rings. The molecule has 3 fully saturated rings. The Morgan fingerprint density at radius 1 is 1.22 bits per heavy atom. The van der Waals surface area contributed by atoms with Gasteiger partial charge in [-0.3, -0.25) is 9.69 Å². The molecule has 0 radical (unpaired) electrons. The number of piperidine rings is 1. The molecule has 2 aliphatic heterocycles. The maximum absolute atomic E-state index is 13.3. The number of likely N-dealkylation sites (tertiary alicyclic amines) is 1. The van der Waals surface area contributed by atoms with Crippen LogP contribution in [0, 0.1) is 0 Å². The highest BCUT2D eigenvalue weighted by atomic mass is 16.6. The topological polar surface area (TPSA) is 87.7 Å². The summed E-state index contributed by atoms with van der Waals surface area (Å²) in [4.78, 5) is 39.0. The summed E-state index contributed by atoms with van der Waals surface area (Å²) >= 11 is 0. The van der Waals surface area contributed by atoms with E-state index in [0.717, 1.165) is 49.9 Å². The maximum atomic E-state index is 13.3. The zero-order chi connectivity index (χ0) is 22.7. The lowest BCUT2D eigenvalue weighted by Gasteiger charge is -2.38. The van der Waals surface area contributed by atoms with Crippen LogP contribution in [0.15, 0.2) is 6.20 Å². The molecule has 1 spiro atoms. The number of fused-ring (bicyclic) bond motifs is 2. The first kappa shape index (κ1) is 21.5. The Kier molecular flexibility index (Phi) is 5.09. The van der Waals surface area contributed by atoms with Gasteiger partial charge in [0.15, 0.2) is 0 Å². The van der Waals surface area contributed by atoms with Gasteiger partial charge in [0.2, 0.25) is 11.9 Å². The molecule has 2 saturated carbocycles. The Bertz CT molecular complexity index is 917. The van der Waals surface area contributed by atoms with Crippen molar-refractivity contribution in [2.24, 2.45) is 0 Å². The largest absolute Gasteiger partial charge is 0.444 e. The van der Waals surface area contributed by atoms with Gasteiger partial charge in [-0.2, -0.15) is 4.98 Å². The van der Waals surface area contributed by atoms with Crippen LogP contribution < -0.4 is 10.2 Å². The zero-order valence-corrected chi connectivity index (χ0v) is 19.7. The maximum Gasteiger partial charge on any atom is 0.410 e. The molecule has 0 aromatic carbocycles. The summed E-state index contributed by atoms with van der Waals surface area (Å²) in [6, 6.07) is 0.520. The summed E-state index contributed by atoms with van der Waals surface area (Å²) in [5.74, 6) is 1.65. The van der Waals surface area contributed by atoms with Gasteiger partial charge in [-0.1, -0.05) is 12.8 Å². The Morgan fingerprint density at radius 2 is 1.94 bits per heavy atom. The summed E-state index contributed by atoms with van der Waals surface area (Å²) in [6.45, 7) is 8.36. The fraction of sp³-hybridized carbons (Fsp3) is 0.750. The molecule has 32 heavy (non-hydrogen) atoms. The quantitative estimate of drug-likeness (QED) is 0.763. The predicted molar refractivity (Wildman–Crippen MR) is 122 cm³/mol. The normalized spacial score (nSPS) is 27.1. The van der Waals surface area contributed by atoms with E-state index in [4.69, 9.17) is 9.72 Å². The molecule has 1 N–H and O–H groups in total. The van der Waals surface area contributed by atoms with Crippen LogP contribution in [0.1, 0.15) is 84.6 Å². The lowest BCUT2D eigenvalue weighted by molar-refractivity contribution is -0.120. The van der Waals surface area contributed by atoms with Crippen LogP contribution in [0.2, 0.25) is 0 Å². The van der Waals surface area contributed by atoms with Crippen molar-refractivity contribution in [1.29, 1.82) is 0 Å². The first-order valence-electron chi connectivity index (χ1n) is 12.2. The van der Waals surface area contributed by atoms with Gasteiger partial charge in [0.1, 0.15) is 11.4 Å². The molecule has 2 atom stereocenters. The SMILES string of the molecule is CC1CC(Nc2ncc3c(n2)N(C2CCCC2)C(=O)C32CC2)CCN1C(=O)OC(C)(C)C. The van der Waals surface area contributed by atoms with Crippen LogP contribution in [0.25, 0.3) is 0 Å². The van der Waals surface area contributed by atoms with Gasteiger partial charge in [0.25, 0.3) is 0 Å². The van der Waals surface area contributed by atoms with Crippen molar-refractivity contribution in [3.8, 4) is 0 Å². The van der Waals surface area contributed by atoms with Crippen LogP contribution in [0.4, 0.5) is 16.6 Å². The summed E-state index contributed by atoms with van der Waals surface area (Å²) in [5, 5.41) is 3.48. The van der Waals surface area contributed by atoms with E-state index in [1.54, 1.807) is 0 Å². The first-order chi connectivity index (χ1) is 15.2. The van der Waals surface area contributed by atoms with Crippen molar-refractivity contribution in [3.05, 3.63) is 11.8 Å². The molecule has 8 heteroatoms. The molecule has 1 saturated heterocycles. The number of aromatic nitrogens is 2. The lowest BCUT2D eigenvalue weighted by atomic mass is 9.99. The van der Waals surface area contributed by atoms with E-state index in [-0.39, 0.29) is 35.5 Å². The summed E-state index contributed by atoms with van der Waals surface area (Å²) < 4.78 is 5.55. The van der Waals surface area contributed by atoms with Gasteiger partial charge >= 0.3 is 6.09 Å². The molecular weight excluding hydrogens is 406 g/mol. The third kappa shape index (κ3) is 3.71. The zero-order valence-electron chi connectivity index (χ0n) is 19.7. The van der Waals surface area contributed by atoms with Gasteiger partial charge < -0.3 is 15.0 Å². The van der Waals surface area contributed by atoms with Crippen molar-refractivity contribution in [3.63, 3.8) is 0 Å². The average molecular weight is 442 g/mol. The van der Waals surface area contributed by atoms with Crippen LogP contribution in [0.5, 0.6) is 0 Å². The molecule has 8 nitrogen and oxygen atoms in total. The van der Waals surface area contributed by atoms with Gasteiger partial charge in [-0.05, 0) is 66.2 Å². The molecule has 174 valence electrons. The van der Waals surface area contributed by atoms with Crippen LogP contribution >= 0.6 is 0 Å². The Labute approximate surface area is 190 Å². The van der Waals surface area contributed by atoms with Crippen molar-refractivity contribution in [1.82, 2.24) is 14.9 Å². The number of nitrogens with zero attached hydrogens (tertiary/aromatic N) is 4. The second-order valence-electron chi connectivity index (χ2n) is 11.0. The molecule has 2 unspecified atom stereocenters. The van der Waals surface area contributed by atoms with Crippen molar-refractivity contribution in [2.45, 2.75) is 108 Å². The van der Waals surface area contributed by atoms with E-state index in [0.29, 0.717) is 12.5 Å². The van der Waals surface area contributed by atoms with Crippen LogP contribution in [-0.2, 0) is 14.9 Å². The summed E-state index contributed by atoms with van der Waals surface area (Å²) in [5.41, 5.74) is 0.183. The third-order valence-electron chi connectivity index (χ3n) is 7.42. The number of amides is 2. The minimum atomic E-state index is -0.494. The van der Waals surface area contributed by atoms with Crippen molar-refractivity contribution in [2.75, 3.05) is 16.8 Å². The molecule has 3 heterocycles. The number of hydrogen-bond acceptors (Lipinski definition) is 6. The predicted octanol–water partition coefficient (Wildman–Crippen LogP) is 4.00. The smallest absolute Gasteiger partial charge is 0.410 e. The highest BCUT2D eigenvalue weighted by molar-refractivity contribution is 6.09. The molecular formula is C24H35N5O3. The van der Waals surface area contributed by atoms with Gasteiger partial charge in [0, 0.05) is 36.4 Å². The van der Waals surface area contributed by atoms with E-state index in [1.165, 1.54) is 12.8 Å². The van der Waals surface area contributed by atoms with Crippen molar-refractivity contribution >= 4 is 23.8 Å². The van der Waals surface area contributed by atoms with E-state index < -0.39 is 5.60 Å². The number of ether oxygens (including phenoxy) is 1. The molecule has 1 aromatic rings. The molecule has 0 bridgehead atoms.